The Balaban J connectivity index is 1.94. The summed E-state index contributed by atoms with van der Waals surface area (Å²) in [5, 5.41) is 4.89. The second-order valence-electron chi connectivity index (χ2n) is 7.82. The van der Waals surface area contributed by atoms with E-state index in [1.807, 2.05) is 0 Å². The molecule has 2 heteroatoms. The van der Waals surface area contributed by atoms with Crippen LogP contribution < -0.4 is 5.43 Å². The van der Waals surface area contributed by atoms with E-state index >= 15 is 0 Å². The van der Waals surface area contributed by atoms with Crippen molar-refractivity contribution < 1.29 is 0 Å². The van der Waals surface area contributed by atoms with Crippen molar-refractivity contribution >= 4 is 11.4 Å². The number of nitrogens with one attached hydrogen (secondary N) is 1. The number of rotatable bonds is 5. The molecule has 0 bridgehead atoms. The lowest BCUT2D eigenvalue weighted by molar-refractivity contribution is 0.759. The molecule has 0 radical (unpaired) electrons. The number of aryl methyl sites for hydroxylation is 3. The molecule has 1 aliphatic rings. The molecule has 0 spiro atoms. The first-order valence-corrected chi connectivity index (χ1v) is 9.68. The highest BCUT2D eigenvalue weighted by molar-refractivity contribution is 6.01. The molecule has 2 nitrogen and oxygen atoms in total. The standard InChI is InChI=1S/C25H30N2/c1-16-12-19(4)25(20(5)13-16)27-26-24(22-10-8-7-9-11-22)15-23-18(3)14-17(2)21(23)6/h7-14,23,27H,15H2,1-6H3. The summed E-state index contributed by atoms with van der Waals surface area (Å²) < 4.78 is 0. The summed E-state index contributed by atoms with van der Waals surface area (Å²) in [6.07, 6.45) is 3.22. The Bertz CT molecular complexity index is 907. The van der Waals surface area contributed by atoms with Gasteiger partial charge in [0.15, 0.2) is 0 Å². The normalized spacial score (nSPS) is 17.3. The molecule has 140 valence electrons. The van der Waals surface area contributed by atoms with E-state index in [1.54, 1.807) is 0 Å². The number of benzene rings is 2. The third-order valence-electron chi connectivity index (χ3n) is 5.62. The molecule has 1 unspecified atom stereocenters. The Kier molecular flexibility index (Phi) is 5.65. The van der Waals surface area contributed by atoms with E-state index in [1.165, 1.54) is 39.0 Å². The fourth-order valence-electron chi connectivity index (χ4n) is 4.02. The zero-order chi connectivity index (χ0) is 19.6. The van der Waals surface area contributed by atoms with Gasteiger partial charge in [0.2, 0.25) is 0 Å². The molecule has 0 aliphatic heterocycles. The zero-order valence-electron chi connectivity index (χ0n) is 17.4. The lowest BCUT2D eigenvalue weighted by Crippen LogP contribution is -2.13. The van der Waals surface area contributed by atoms with Crippen LogP contribution in [0.2, 0.25) is 0 Å². The fraction of sp³-hybridized carbons (Fsp3) is 0.320. The van der Waals surface area contributed by atoms with Crippen LogP contribution in [0.1, 0.15) is 49.4 Å². The van der Waals surface area contributed by atoms with Crippen LogP contribution in [0.4, 0.5) is 5.69 Å². The summed E-state index contributed by atoms with van der Waals surface area (Å²) in [6.45, 7) is 13.1. The molecule has 0 heterocycles. The SMILES string of the molecule is CC1=CC(C)=C(C)C1CC(=NNc1c(C)cc(C)cc1C)c1ccccc1. The highest BCUT2D eigenvalue weighted by Crippen LogP contribution is 2.34. The van der Waals surface area contributed by atoms with Gasteiger partial charge in [-0.3, -0.25) is 5.43 Å². The van der Waals surface area contributed by atoms with Crippen molar-refractivity contribution in [2.24, 2.45) is 11.0 Å². The minimum Gasteiger partial charge on any atom is -0.278 e. The van der Waals surface area contributed by atoms with Gasteiger partial charge in [-0.2, -0.15) is 5.10 Å². The van der Waals surface area contributed by atoms with E-state index in [0.717, 1.165) is 17.8 Å². The van der Waals surface area contributed by atoms with Crippen LogP contribution in [0.5, 0.6) is 0 Å². The molecule has 0 fully saturated rings. The Labute approximate surface area is 163 Å². The van der Waals surface area contributed by atoms with Crippen LogP contribution in [0.15, 0.2) is 70.4 Å². The van der Waals surface area contributed by atoms with E-state index in [2.05, 4.69) is 95.5 Å². The minimum atomic E-state index is 0.436. The topological polar surface area (TPSA) is 24.4 Å². The maximum absolute atomic E-state index is 4.89. The van der Waals surface area contributed by atoms with Crippen LogP contribution in [0, 0.1) is 26.7 Å². The number of hydrogen-bond acceptors (Lipinski definition) is 2. The molecule has 2 aromatic carbocycles. The Hall–Kier alpha value is -2.61. The predicted molar refractivity (Wildman–Crippen MR) is 117 cm³/mol. The van der Waals surface area contributed by atoms with Crippen molar-refractivity contribution in [3.63, 3.8) is 0 Å². The van der Waals surface area contributed by atoms with Gasteiger partial charge in [0.25, 0.3) is 0 Å². The average Bonchev–Trinajstić information content (AvgIpc) is 2.86. The maximum Gasteiger partial charge on any atom is 0.0688 e. The monoisotopic (exact) mass is 358 g/mol. The number of nitrogens with zero attached hydrogens (tertiary/aromatic N) is 1. The number of allylic oxidation sites excluding steroid dienone is 4. The Morgan fingerprint density at radius 1 is 0.926 bits per heavy atom. The lowest BCUT2D eigenvalue weighted by Gasteiger charge is -2.18. The highest BCUT2D eigenvalue weighted by Gasteiger charge is 2.23. The van der Waals surface area contributed by atoms with Crippen molar-refractivity contribution in [1.29, 1.82) is 0 Å². The molecule has 0 saturated heterocycles. The van der Waals surface area contributed by atoms with Gasteiger partial charge in [-0.15, -0.1) is 0 Å². The Morgan fingerprint density at radius 2 is 1.56 bits per heavy atom. The van der Waals surface area contributed by atoms with Crippen LogP contribution in [0.25, 0.3) is 0 Å². The van der Waals surface area contributed by atoms with E-state index in [4.69, 9.17) is 5.10 Å². The van der Waals surface area contributed by atoms with Gasteiger partial charge in [-0.25, -0.2) is 0 Å². The van der Waals surface area contributed by atoms with Crippen molar-refractivity contribution in [2.75, 3.05) is 5.43 Å². The fourth-order valence-corrected chi connectivity index (χ4v) is 4.02. The number of hydrogen-bond donors (Lipinski definition) is 1. The van der Waals surface area contributed by atoms with Crippen molar-refractivity contribution in [3.8, 4) is 0 Å². The van der Waals surface area contributed by atoms with E-state index < -0.39 is 0 Å². The molecule has 3 rings (SSSR count). The van der Waals surface area contributed by atoms with Gasteiger partial charge in [0.1, 0.15) is 0 Å². The largest absolute Gasteiger partial charge is 0.278 e. The first-order valence-electron chi connectivity index (χ1n) is 9.68. The second-order valence-corrected chi connectivity index (χ2v) is 7.82. The van der Waals surface area contributed by atoms with Gasteiger partial charge in [0, 0.05) is 12.3 Å². The van der Waals surface area contributed by atoms with Gasteiger partial charge < -0.3 is 0 Å². The van der Waals surface area contributed by atoms with Crippen LogP contribution in [-0.2, 0) is 0 Å². The van der Waals surface area contributed by atoms with Gasteiger partial charge in [-0.05, 0) is 58.2 Å². The van der Waals surface area contributed by atoms with Gasteiger partial charge in [0.05, 0.1) is 11.4 Å². The van der Waals surface area contributed by atoms with E-state index in [-0.39, 0.29) is 0 Å². The quantitative estimate of drug-likeness (QED) is 0.465. The van der Waals surface area contributed by atoms with Gasteiger partial charge >= 0.3 is 0 Å². The lowest BCUT2D eigenvalue weighted by atomic mass is 9.89. The van der Waals surface area contributed by atoms with Crippen LogP contribution in [-0.4, -0.2) is 5.71 Å². The number of anilines is 1. The molecule has 1 atom stereocenters. The summed E-state index contributed by atoms with van der Waals surface area (Å²) in [5.74, 6) is 0.436. The summed E-state index contributed by atoms with van der Waals surface area (Å²) in [4.78, 5) is 0. The minimum absolute atomic E-state index is 0.436. The third-order valence-corrected chi connectivity index (χ3v) is 5.62. The second kappa shape index (κ2) is 7.96. The van der Waals surface area contributed by atoms with Crippen molar-refractivity contribution in [2.45, 2.75) is 48.0 Å². The first-order chi connectivity index (χ1) is 12.9. The molecule has 27 heavy (non-hydrogen) atoms. The molecule has 2 aromatic rings. The van der Waals surface area contributed by atoms with Crippen LogP contribution in [0.3, 0.4) is 0 Å². The van der Waals surface area contributed by atoms with Crippen molar-refractivity contribution in [1.82, 2.24) is 0 Å². The predicted octanol–water partition coefficient (Wildman–Crippen LogP) is 6.73. The Morgan fingerprint density at radius 3 is 2.11 bits per heavy atom. The summed E-state index contributed by atoms with van der Waals surface area (Å²) in [6, 6.07) is 14.9. The van der Waals surface area contributed by atoms with Crippen LogP contribution >= 0.6 is 0 Å². The summed E-state index contributed by atoms with van der Waals surface area (Å²) >= 11 is 0. The van der Waals surface area contributed by atoms with Gasteiger partial charge in [-0.1, -0.05) is 70.8 Å². The first kappa shape index (κ1) is 19.2. The molecule has 0 amide bonds. The molecular formula is C25H30N2. The number of hydrazone groups is 1. The summed E-state index contributed by atoms with van der Waals surface area (Å²) in [5.41, 5.74) is 14.8. The zero-order valence-corrected chi connectivity index (χ0v) is 17.4. The molecule has 1 aliphatic carbocycles. The smallest absolute Gasteiger partial charge is 0.0688 e. The molecule has 0 saturated carbocycles. The van der Waals surface area contributed by atoms with E-state index in [9.17, 15) is 0 Å². The summed E-state index contributed by atoms with van der Waals surface area (Å²) in [7, 11) is 0. The third kappa shape index (κ3) is 4.21. The highest BCUT2D eigenvalue weighted by atomic mass is 15.3. The molecule has 1 N–H and O–H groups in total. The molecule has 0 aromatic heterocycles. The maximum atomic E-state index is 4.89. The van der Waals surface area contributed by atoms with E-state index in [0.29, 0.717) is 5.92 Å². The molecular weight excluding hydrogens is 328 g/mol. The average molecular weight is 359 g/mol. The van der Waals surface area contributed by atoms with Crippen molar-refractivity contribution in [3.05, 3.63) is 87.5 Å².